The molecular formula is C13H18Cl2N2O2. The summed E-state index contributed by atoms with van der Waals surface area (Å²) in [6, 6.07) is 3.06. The second-order valence-electron chi connectivity index (χ2n) is 4.72. The van der Waals surface area contributed by atoms with E-state index in [1.165, 1.54) is 12.1 Å². The first-order valence-electron chi connectivity index (χ1n) is 5.98. The number of nitrogens with two attached hydrogens (primary N) is 1. The molecule has 0 aliphatic rings. The van der Waals surface area contributed by atoms with Crippen molar-refractivity contribution in [2.24, 2.45) is 5.92 Å². The number of carbonyl (C=O) groups excluding carboxylic acids is 1. The maximum Gasteiger partial charge on any atom is 0.253 e. The summed E-state index contributed by atoms with van der Waals surface area (Å²) in [5, 5.41) is 3.25. The highest BCUT2D eigenvalue weighted by Crippen LogP contribution is 2.32. The topological polar surface area (TPSA) is 64.3 Å². The standard InChI is InChI=1S/C13H18Cl2N2O2/c1-7(2)6-19-8(3)13(18)17-12-10(14)4-9(16)5-11(12)15/h4-5,7-8H,6,16H2,1-3H3,(H,17,18). The van der Waals surface area contributed by atoms with E-state index in [-0.39, 0.29) is 5.91 Å². The van der Waals surface area contributed by atoms with Crippen LogP contribution in [-0.4, -0.2) is 18.6 Å². The fraction of sp³-hybridized carbons (Fsp3) is 0.462. The molecule has 3 N–H and O–H groups in total. The van der Waals surface area contributed by atoms with Gasteiger partial charge in [0.1, 0.15) is 6.10 Å². The zero-order valence-electron chi connectivity index (χ0n) is 11.2. The lowest BCUT2D eigenvalue weighted by Gasteiger charge is -2.16. The molecule has 1 amide bonds. The van der Waals surface area contributed by atoms with Gasteiger partial charge in [-0.15, -0.1) is 0 Å². The fourth-order valence-corrected chi connectivity index (χ4v) is 1.95. The molecule has 1 unspecified atom stereocenters. The Labute approximate surface area is 123 Å². The molecule has 6 heteroatoms. The van der Waals surface area contributed by atoms with Gasteiger partial charge in [-0.25, -0.2) is 0 Å². The molecule has 0 saturated carbocycles. The number of nitrogen functional groups attached to an aromatic ring is 1. The summed E-state index contributed by atoms with van der Waals surface area (Å²) in [5.41, 5.74) is 6.38. The summed E-state index contributed by atoms with van der Waals surface area (Å²) in [7, 11) is 0. The van der Waals surface area contributed by atoms with Gasteiger partial charge in [0.25, 0.3) is 5.91 Å². The van der Waals surface area contributed by atoms with Gasteiger partial charge in [0, 0.05) is 12.3 Å². The molecule has 4 nitrogen and oxygen atoms in total. The molecule has 1 aromatic rings. The monoisotopic (exact) mass is 304 g/mol. The fourth-order valence-electron chi connectivity index (χ4n) is 1.35. The van der Waals surface area contributed by atoms with Gasteiger partial charge in [-0.2, -0.15) is 0 Å². The average Bonchev–Trinajstić information content (AvgIpc) is 2.30. The van der Waals surface area contributed by atoms with E-state index in [4.69, 9.17) is 33.7 Å². The second kappa shape index (κ2) is 6.98. The SMILES string of the molecule is CC(C)COC(C)C(=O)Nc1c(Cl)cc(N)cc1Cl. The molecule has 1 rings (SSSR count). The van der Waals surface area contributed by atoms with Gasteiger partial charge in [0.15, 0.2) is 0 Å². The number of carbonyl (C=O) groups is 1. The Hall–Kier alpha value is -0.970. The number of ether oxygens (including phenoxy) is 1. The highest BCUT2D eigenvalue weighted by Gasteiger charge is 2.17. The van der Waals surface area contributed by atoms with Crippen LogP contribution in [-0.2, 0) is 9.53 Å². The Balaban J connectivity index is 2.72. The van der Waals surface area contributed by atoms with Crippen molar-refractivity contribution in [1.29, 1.82) is 0 Å². The lowest BCUT2D eigenvalue weighted by atomic mass is 10.2. The molecule has 0 aliphatic carbocycles. The van der Waals surface area contributed by atoms with Gasteiger partial charge in [-0.1, -0.05) is 37.0 Å². The number of halogens is 2. The van der Waals surface area contributed by atoms with E-state index in [1.54, 1.807) is 6.92 Å². The van der Waals surface area contributed by atoms with Gasteiger partial charge >= 0.3 is 0 Å². The minimum Gasteiger partial charge on any atom is -0.399 e. The van der Waals surface area contributed by atoms with Crippen molar-refractivity contribution in [2.75, 3.05) is 17.7 Å². The van der Waals surface area contributed by atoms with Crippen LogP contribution >= 0.6 is 23.2 Å². The zero-order chi connectivity index (χ0) is 14.6. The van der Waals surface area contributed by atoms with Crippen molar-refractivity contribution in [1.82, 2.24) is 0 Å². The van der Waals surface area contributed by atoms with Gasteiger partial charge in [0.2, 0.25) is 0 Å². The van der Waals surface area contributed by atoms with E-state index < -0.39 is 6.10 Å². The average molecular weight is 305 g/mol. The predicted octanol–water partition coefficient (Wildman–Crippen LogP) is 3.58. The van der Waals surface area contributed by atoms with E-state index >= 15 is 0 Å². The number of amides is 1. The third-order valence-electron chi connectivity index (χ3n) is 2.36. The largest absolute Gasteiger partial charge is 0.399 e. The van der Waals surface area contributed by atoms with Gasteiger partial charge in [-0.3, -0.25) is 4.79 Å². The van der Waals surface area contributed by atoms with Crippen LogP contribution in [0, 0.1) is 5.92 Å². The van der Waals surface area contributed by atoms with Gasteiger partial charge in [0.05, 0.1) is 15.7 Å². The molecule has 106 valence electrons. The van der Waals surface area contributed by atoms with Crippen LogP contribution in [0.3, 0.4) is 0 Å². The maximum atomic E-state index is 11.9. The number of anilines is 2. The predicted molar refractivity (Wildman–Crippen MR) is 79.8 cm³/mol. The quantitative estimate of drug-likeness (QED) is 0.817. The van der Waals surface area contributed by atoms with E-state index in [2.05, 4.69) is 5.32 Å². The molecule has 0 heterocycles. The molecule has 0 saturated heterocycles. The van der Waals surface area contributed by atoms with Gasteiger partial charge < -0.3 is 15.8 Å². The number of rotatable bonds is 5. The van der Waals surface area contributed by atoms with Crippen molar-refractivity contribution >= 4 is 40.5 Å². The van der Waals surface area contributed by atoms with Crippen molar-refractivity contribution in [3.63, 3.8) is 0 Å². The van der Waals surface area contributed by atoms with E-state index in [0.717, 1.165) is 0 Å². The summed E-state index contributed by atoms with van der Waals surface area (Å²) in [6.45, 7) is 6.21. The van der Waals surface area contributed by atoms with Crippen molar-refractivity contribution in [3.8, 4) is 0 Å². The molecule has 1 atom stereocenters. The molecular weight excluding hydrogens is 287 g/mol. The highest BCUT2D eigenvalue weighted by atomic mass is 35.5. The molecule has 0 radical (unpaired) electrons. The summed E-state index contributed by atoms with van der Waals surface area (Å²) in [6.07, 6.45) is -0.577. The molecule has 0 bridgehead atoms. The number of hydrogen-bond acceptors (Lipinski definition) is 3. The summed E-state index contributed by atoms with van der Waals surface area (Å²) < 4.78 is 5.42. The first-order valence-corrected chi connectivity index (χ1v) is 6.73. The number of hydrogen-bond donors (Lipinski definition) is 2. The van der Waals surface area contributed by atoms with Crippen LogP contribution in [0.2, 0.25) is 10.0 Å². The zero-order valence-corrected chi connectivity index (χ0v) is 12.7. The van der Waals surface area contributed by atoms with Crippen LogP contribution in [0.5, 0.6) is 0 Å². The Morgan fingerprint density at radius 3 is 2.32 bits per heavy atom. The van der Waals surface area contributed by atoms with Crippen molar-refractivity contribution in [3.05, 3.63) is 22.2 Å². The second-order valence-corrected chi connectivity index (χ2v) is 5.53. The molecule has 0 aromatic heterocycles. The summed E-state index contributed by atoms with van der Waals surface area (Å²) in [5.74, 6) is 0.0631. The van der Waals surface area contributed by atoms with Crippen LogP contribution in [0.1, 0.15) is 20.8 Å². The third-order valence-corrected chi connectivity index (χ3v) is 2.96. The molecule has 0 spiro atoms. The smallest absolute Gasteiger partial charge is 0.253 e. The first-order chi connectivity index (χ1) is 8.81. The minimum atomic E-state index is -0.577. The van der Waals surface area contributed by atoms with Crippen molar-refractivity contribution < 1.29 is 9.53 Å². The minimum absolute atomic E-state index is 0.297. The Bertz CT molecular complexity index is 441. The van der Waals surface area contributed by atoms with E-state index in [1.807, 2.05) is 13.8 Å². The highest BCUT2D eigenvalue weighted by molar-refractivity contribution is 6.40. The third kappa shape index (κ3) is 4.90. The Morgan fingerprint density at radius 1 is 1.32 bits per heavy atom. The Morgan fingerprint density at radius 2 is 1.84 bits per heavy atom. The van der Waals surface area contributed by atoms with Crippen LogP contribution in [0.15, 0.2) is 12.1 Å². The van der Waals surface area contributed by atoms with Crippen LogP contribution in [0.4, 0.5) is 11.4 Å². The normalized spacial score (nSPS) is 12.5. The number of nitrogens with one attached hydrogen (secondary N) is 1. The van der Waals surface area contributed by atoms with E-state index in [9.17, 15) is 4.79 Å². The van der Waals surface area contributed by atoms with Gasteiger partial charge in [-0.05, 0) is 25.0 Å². The van der Waals surface area contributed by atoms with E-state index in [0.29, 0.717) is 33.9 Å². The molecule has 0 fully saturated rings. The molecule has 1 aromatic carbocycles. The Kier molecular flexibility index (Phi) is 5.91. The van der Waals surface area contributed by atoms with Crippen molar-refractivity contribution in [2.45, 2.75) is 26.9 Å². The maximum absolute atomic E-state index is 11.9. The first kappa shape index (κ1) is 16.1. The number of benzene rings is 1. The van der Waals surface area contributed by atoms with Crippen LogP contribution in [0.25, 0.3) is 0 Å². The summed E-state index contributed by atoms with van der Waals surface area (Å²) in [4.78, 5) is 11.9. The molecule has 0 aliphatic heterocycles. The van der Waals surface area contributed by atoms with Crippen LogP contribution < -0.4 is 11.1 Å². The summed E-state index contributed by atoms with van der Waals surface area (Å²) >= 11 is 12.0. The lowest BCUT2D eigenvalue weighted by molar-refractivity contribution is -0.126. The molecule has 19 heavy (non-hydrogen) atoms. The lowest BCUT2D eigenvalue weighted by Crippen LogP contribution is -2.29.